The first-order chi connectivity index (χ1) is 11.2. The van der Waals surface area contributed by atoms with Crippen LogP contribution < -0.4 is 10.6 Å². The van der Waals surface area contributed by atoms with Crippen LogP contribution in [0.3, 0.4) is 0 Å². The molecule has 126 valence electrons. The second kappa shape index (κ2) is 8.06. The number of hydrogen-bond donors (Lipinski definition) is 2. The van der Waals surface area contributed by atoms with Gasteiger partial charge in [0.05, 0.1) is 0 Å². The van der Waals surface area contributed by atoms with Crippen molar-refractivity contribution in [2.75, 3.05) is 24.6 Å². The Bertz CT molecular complexity index is 504. The van der Waals surface area contributed by atoms with Gasteiger partial charge in [-0.05, 0) is 43.3 Å². The molecule has 23 heavy (non-hydrogen) atoms. The summed E-state index contributed by atoms with van der Waals surface area (Å²) in [6.07, 6.45) is 3.23. The summed E-state index contributed by atoms with van der Waals surface area (Å²) < 4.78 is 0. The molecule has 0 aromatic heterocycles. The van der Waals surface area contributed by atoms with Crippen molar-refractivity contribution in [1.82, 2.24) is 15.5 Å². The molecule has 2 aliphatic heterocycles. The number of likely N-dealkylation sites (tertiary alicyclic amines) is 1. The number of nitrogens with zero attached hydrogens (tertiary/aromatic N) is 1. The van der Waals surface area contributed by atoms with Gasteiger partial charge in [-0.15, -0.1) is 0 Å². The molecule has 2 heterocycles. The van der Waals surface area contributed by atoms with Crippen molar-refractivity contribution < 1.29 is 4.79 Å². The number of urea groups is 1. The maximum absolute atomic E-state index is 12.2. The van der Waals surface area contributed by atoms with Crippen molar-refractivity contribution in [1.29, 1.82) is 0 Å². The number of carbonyl (C=O) groups is 1. The summed E-state index contributed by atoms with van der Waals surface area (Å²) in [5.74, 6) is 2.33. The zero-order chi connectivity index (χ0) is 16.1. The van der Waals surface area contributed by atoms with Crippen LogP contribution in [0.4, 0.5) is 4.79 Å². The van der Waals surface area contributed by atoms with E-state index < -0.39 is 0 Å². The van der Waals surface area contributed by atoms with E-state index in [0.29, 0.717) is 12.1 Å². The van der Waals surface area contributed by atoms with Crippen LogP contribution in [0.1, 0.15) is 37.8 Å². The minimum Gasteiger partial charge on any atom is -0.335 e. The highest BCUT2D eigenvalue weighted by molar-refractivity contribution is 7.99. The van der Waals surface area contributed by atoms with Crippen LogP contribution in [-0.4, -0.2) is 47.6 Å². The molecular weight excluding hydrogens is 306 g/mol. The molecule has 2 atom stereocenters. The average molecular weight is 334 g/mol. The Kier molecular flexibility index (Phi) is 5.84. The standard InChI is InChI=1S/C18H27N3OS/c1-14(15-5-3-2-4-6-15)21-10-7-17(13-21)20-18(22)19-16-8-11-23-12-9-16/h2-6,14,16-17H,7-13H2,1H3,(H2,19,20,22)/t14-,17+/m0/s1. The van der Waals surface area contributed by atoms with Crippen LogP contribution in [0, 0.1) is 0 Å². The summed E-state index contributed by atoms with van der Waals surface area (Å²) >= 11 is 1.98. The molecular formula is C18H27N3OS. The van der Waals surface area contributed by atoms with E-state index in [1.807, 2.05) is 11.8 Å². The fourth-order valence-corrected chi connectivity index (χ4v) is 4.56. The summed E-state index contributed by atoms with van der Waals surface area (Å²) in [5, 5.41) is 6.30. The second-order valence-corrected chi connectivity index (χ2v) is 7.80. The third kappa shape index (κ3) is 4.64. The van der Waals surface area contributed by atoms with E-state index >= 15 is 0 Å². The summed E-state index contributed by atoms with van der Waals surface area (Å²) in [6, 6.07) is 11.6. The molecule has 3 rings (SSSR count). The SMILES string of the molecule is C[C@@H](c1ccccc1)N1CC[C@@H](NC(=O)NC2CCSCC2)C1. The van der Waals surface area contributed by atoms with Gasteiger partial charge >= 0.3 is 6.03 Å². The molecule has 0 aliphatic carbocycles. The van der Waals surface area contributed by atoms with Gasteiger partial charge in [0.15, 0.2) is 0 Å². The predicted octanol–water partition coefficient (Wildman–Crippen LogP) is 3.02. The zero-order valence-corrected chi connectivity index (χ0v) is 14.6. The Hall–Kier alpha value is -1.20. The third-order valence-corrected chi connectivity index (χ3v) is 5.99. The molecule has 2 fully saturated rings. The molecule has 2 N–H and O–H groups in total. The smallest absolute Gasteiger partial charge is 0.315 e. The number of nitrogens with one attached hydrogen (secondary N) is 2. The van der Waals surface area contributed by atoms with Crippen LogP contribution in [-0.2, 0) is 0 Å². The summed E-state index contributed by atoms with van der Waals surface area (Å²) in [6.45, 7) is 4.22. The lowest BCUT2D eigenvalue weighted by atomic mass is 10.1. The van der Waals surface area contributed by atoms with Crippen molar-refractivity contribution in [3.8, 4) is 0 Å². The minimum absolute atomic E-state index is 0.0149. The molecule has 0 bridgehead atoms. The first-order valence-corrected chi connectivity index (χ1v) is 9.81. The lowest BCUT2D eigenvalue weighted by molar-refractivity contribution is 0.228. The Morgan fingerprint density at radius 2 is 1.83 bits per heavy atom. The maximum atomic E-state index is 12.2. The van der Waals surface area contributed by atoms with E-state index in [1.165, 1.54) is 5.56 Å². The first kappa shape index (κ1) is 16.7. The molecule has 0 unspecified atom stereocenters. The molecule has 2 saturated heterocycles. The van der Waals surface area contributed by atoms with Crippen molar-refractivity contribution in [3.63, 3.8) is 0 Å². The van der Waals surface area contributed by atoms with Gasteiger partial charge in [-0.3, -0.25) is 4.90 Å². The Morgan fingerprint density at radius 3 is 2.57 bits per heavy atom. The van der Waals surface area contributed by atoms with Crippen LogP contribution in [0.5, 0.6) is 0 Å². The van der Waals surface area contributed by atoms with Crippen molar-refractivity contribution in [2.45, 2.75) is 44.3 Å². The highest BCUT2D eigenvalue weighted by atomic mass is 32.2. The predicted molar refractivity (Wildman–Crippen MR) is 96.8 cm³/mol. The van der Waals surface area contributed by atoms with Crippen LogP contribution in [0.25, 0.3) is 0 Å². The zero-order valence-electron chi connectivity index (χ0n) is 13.8. The van der Waals surface area contributed by atoms with E-state index in [2.05, 4.69) is 52.8 Å². The quantitative estimate of drug-likeness (QED) is 0.890. The van der Waals surface area contributed by atoms with E-state index in [9.17, 15) is 4.79 Å². The molecule has 2 aliphatic rings. The number of rotatable bonds is 4. The van der Waals surface area contributed by atoms with E-state index in [1.54, 1.807) is 0 Å². The van der Waals surface area contributed by atoms with Crippen molar-refractivity contribution in [3.05, 3.63) is 35.9 Å². The van der Waals surface area contributed by atoms with Gasteiger partial charge in [0.2, 0.25) is 0 Å². The van der Waals surface area contributed by atoms with Gasteiger partial charge in [0, 0.05) is 31.2 Å². The molecule has 1 aromatic carbocycles. The van der Waals surface area contributed by atoms with Crippen LogP contribution >= 0.6 is 11.8 Å². The average Bonchev–Trinajstić information content (AvgIpc) is 3.04. The molecule has 0 saturated carbocycles. The van der Waals surface area contributed by atoms with E-state index in [4.69, 9.17) is 0 Å². The van der Waals surface area contributed by atoms with Crippen molar-refractivity contribution >= 4 is 17.8 Å². The maximum Gasteiger partial charge on any atom is 0.315 e. The fourth-order valence-electron chi connectivity index (χ4n) is 3.45. The Balaban J connectivity index is 1.45. The monoisotopic (exact) mass is 333 g/mol. The Morgan fingerprint density at radius 1 is 1.13 bits per heavy atom. The van der Waals surface area contributed by atoms with Crippen molar-refractivity contribution in [2.24, 2.45) is 0 Å². The molecule has 0 spiro atoms. The third-order valence-electron chi connectivity index (χ3n) is 4.94. The number of benzene rings is 1. The summed E-state index contributed by atoms with van der Waals surface area (Å²) in [5.41, 5.74) is 1.34. The molecule has 5 heteroatoms. The number of hydrogen-bond acceptors (Lipinski definition) is 3. The fraction of sp³-hybridized carbons (Fsp3) is 0.611. The minimum atomic E-state index is 0.0149. The number of amides is 2. The molecule has 2 amide bonds. The Labute approximate surface area is 143 Å². The van der Waals surface area contributed by atoms with Crippen LogP contribution in [0.15, 0.2) is 30.3 Å². The van der Waals surface area contributed by atoms with Gasteiger partial charge in [-0.2, -0.15) is 11.8 Å². The second-order valence-electron chi connectivity index (χ2n) is 6.57. The van der Waals surface area contributed by atoms with Gasteiger partial charge in [0.25, 0.3) is 0 Å². The number of carbonyl (C=O) groups excluding carboxylic acids is 1. The van der Waals surface area contributed by atoms with Gasteiger partial charge in [-0.1, -0.05) is 30.3 Å². The van der Waals surface area contributed by atoms with E-state index in [0.717, 1.165) is 43.9 Å². The van der Waals surface area contributed by atoms with Gasteiger partial charge in [0.1, 0.15) is 0 Å². The molecule has 1 aromatic rings. The van der Waals surface area contributed by atoms with Crippen LogP contribution in [0.2, 0.25) is 0 Å². The van der Waals surface area contributed by atoms with Gasteiger partial charge in [-0.25, -0.2) is 4.79 Å². The van der Waals surface area contributed by atoms with Gasteiger partial charge < -0.3 is 10.6 Å². The highest BCUT2D eigenvalue weighted by Crippen LogP contribution is 2.24. The molecule has 4 nitrogen and oxygen atoms in total. The topological polar surface area (TPSA) is 44.4 Å². The largest absolute Gasteiger partial charge is 0.335 e. The highest BCUT2D eigenvalue weighted by Gasteiger charge is 2.28. The lowest BCUT2D eigenvalue weighted by Crippen LogP contribution is -2.48. The first-order valence-electron chi connectivity index (χ1n) is 8.66. The normalized spacial score (nSPS) is 24.3. The number of thioether (sulfide) groups is 1. The lowest BCUT2D eigenvalue weighted by Gasteiger charge is -2.26. The molecule has 0 radical (unpaired) electrons. The summed E-state index contributed by atoms with van der Waals surface area (Å²) in [7, 11) is 0. The van der Waals surface area contributed by atoms with E-state index in [-0.39, 0.29) is 12.1 Å². The summed E-state index contributed by atoms with van der Waals surface area (Å²) in [4.78, 5) is 14.6.